The molecule has 0 radical (unpaired) electrons. The summed E-state index contributed by atoms with van der Waals surface area (Å²) >= 11 is 0. The molecule has 0 fully saturated rings. The Morgan fingerprint density at radius 3 is 2.72 bits per heavy atom. The van der Waals surface area contributed by atoms with E-state index in [1.165, 1.54) is 5.56 Å². The third-order valence-corrected chi connectivity index (χ3v) is 2.92. The molecule has 0 spiro atoms. The summed E-state index contributed by atoms with van der Waals surface area (Å²) < 4.78 is 5.24. The van der Waals surface area contributed by atoms with E-state index in [9.17, 15) is 0 Å². The highest BCUT2D eigenvalue weighted by atomic mass is 16.5. The Bertz CT molecular complexity index is 596. The van der Waals surface area contributed by atoms with Crippen LogP contribution in [-0.2, 0) is 6.42 Å². The minimum absolute atomic E-state index is 0.423. The highest BCUT2D eigenvalue weighted by molar-refractivity contribution is 5.69. The molecule has 18 heavy (non-hydrogen) atoms. The van der Waals surface area contributed by atoms with E-state index in [0.717, 1.165) is 22.4 Å². The van der Waals surface area contributed by atoms with E-state index >= 15 is 0 Å². The van der Waals surface area contributed by atoms with Crippen molar-refractivity contribution in [3.05, 3.63) is 53.6 Å². The lowest BCUT2D eigenvalue weighted by Gasteiger charge is -2.10. The molecule has 2 rings (SSSR count). The normalized spacial score (nSPS) is 9.83. The summed E-state index contributed by atoms with van der Waals surface area (Å²) in [5.41, 5.74) is 4.43. The Kier molecular flexibility index (Phi) is 3.64. The van der Waals surface area contributed by atoms with Gasteiger partial charge in [-0.05, 0) is 35.7 Å². The van der Waals surface area contributed by atoms with Gasteiger partial charge in [-0.3, -0.25) is 0 Å². The van der Waals surface area contributed by atoms with Gasteiger partial charge in [0.15, 0.2) is 0 Å². The number of ether oxygens (including phenoxy) is 1. The largest absolute Gasteiger partial charge is 0.497 e. The van der Waals surface area contributed by atoms with Crippen molar-refractivity contribution in [2.75, 3.05) is 7.11 Å². The van der Waals surface area contributed by atoms with Crippen molar-refractivity contribution in [3.8, 4) is 22.9 Å². The van der Waals surface area contributed by atoms with E-state index in [4.69, 9.17) is 10.00 Å². The predicted molar refractivity (Wildman–Crippen MR) is 72.5 cm³/mol. The molecule has 0 N–H and O–H groups in total. The van der Waals surface area contributed by atoms with Gasteiger partial charge in [0.05, 0.1) is 19.6 Å². The first-order chi connectivity index (χ1) is 8.74. The average Bonchev–Trinajstić information content (AvgIpc) is 2.41. The smallest absolute Gasteiger partial charge is 0.119 e. The topological polar surface area (TPSA) is 33.0 Å². The molecular formula is C16H15NO. The van der Waals surface area contributed by atoms with Crippen LogP contribution >= 0.6 is 0 Å². The van der Waals surface area contributed by atoms with Crippen molar-refractivity contribution in [1.82, 2.24) is 0 Å². The van der Waals surface area contributed by atoms with Gasteiger partial charge in [0.1, 0.15) is 5.75 Å². The highest BCUT2D eigenvalue weighted by Crippen LogP contribution is 2.28. The fourth-order valence-electron chi connectivity index (χ4n) is 1.99. The molecule has 0 heterocycles. The van der Waals surface area contributed by atoms with E-state index in [-0.39, 0.29) is 0 Å². The van der Waals surface area contributed by atoms with E-state index in [1.807, 2.05) is 36.4 Å². The van der Waals surface area contributed by atoms with Gasteiger partial charge in [0.25, 0.3) is 0 Å². The van der Waals surface area contributed by atoms with Gasteiger partial charge < -0.3 is 4.74 Å². The molecule has 0 unspecified atom stereocenters. The van der Waals surface area contributed by atoms with Gasteiger partial charge in [0, 0.05) is 0 Å². The summed E-state index contributed by atoms with van der Waals surface area (Å²) in [5, 5.41) is 8.89. The highest BCUT2D eigenvalue weighted by Gasteiger charge is 2.06. The van der Waals surface area contributed by atoms with Crippen LogP contribution in [0.2, 0.25) is 0 Å². The molecule has 2 heteroatoms. The maximum absolute atomic E-state index is 8.89. The minimum atomic E-state index is 0.423. The Morgan fingerprint density at radius 1 is 1.17 bits per heavy atom. The van der Waals surface area contributed by atoms with Crippen molar-refractivity contribution in [1.29, 1.82) is 5.26 Å². The Balaban J connectivity index is 2.54. The summed E-state index contributed by atoms with van der Waals surface area (Å²) in [6.45, 7) is 2.06. The van der Waals surface area contributed by atoms with Gasteiger partial charge in [-0.15, -0.1) is 0 Å². The summed E-state index contributed by atoms with van der Waals surface area (Å²) in [6, 6.07) is 16.3. The van der Waals surface area contributed by atoms with E-state index < -0.39 is 0 Å². The predicted octanol–water partition coefficient (Wildman–Crippen LogP) is 3.74. The SMILES string of the molecule is COc1cccc(-c2cc(C)ccc2CC#N)c1. The van der Waals surface area contributed by atoms with E-state index in [0.29, 0.717) is 6.42 Å². The Morgan fingerprint density at radius 2 is 2.00 bits per heavy atom. The molecular weight excluding hydrogens is 222 g/mol. The molecule has 0 bridgehead atoms. The van der Waals surface area contributed by atoms with Gasteiger partial charge in [0.2, 0.25) is 0 Å². The molecule has 0 aromatic heterocycles. The zero-order valence-electron chi connectivity index (χ0n) is 10.6. The van der Waals surface area contributed by atoms with E-state index in [1.54, 1.807) is 7.11 Å². The van der Waals surface area contributed by atoms with Crippen LogP contribution in [0.1, 0.15) is 11.1 Å². The van der Waals surface area contributed by atoms with Crippen LogP contribution in [0.15, 0.2) is 42.5 Å². The van der Waals surface area contributed by atoms with Crippen LogP contribution < -0.4 is 4.74 Å². The molecule has 0 amide bonds. The van der Waals surface area contributed by atoms with Crippen molar-refractivity contribution < 1.29 is 4.74 Å². The minimum Gasteiger partial charge on any atom is -0.497 e. The van der Waals surface area contributed by atoms with Crippen LogP contribution in [-0.4, -0.2) is 7.11 Å². The zero-order valence-corrected chi connectivity index (χ0v) is 10.6. The Hall–Kier alpha value is -2.27. The molecule has 0 saturated heterocycles. The van der Waals surface area contributed by atoms with Crippen LogP contribution in [0.25, 0.3) is 11.1 Å². The lowest BCUT2D eigenvalue weighted by molar-refractivity contribution is 0.415. The maximum atomic E-state index is 8.89. The molecule has 0 aliphatic rings. The van der Waals surface area contributed by atoms with Crippen LogP contribution in [0, 0.1) is 18.3 Å². The lowest BCUT2D eigenvalue weighted by Crippen LogP contribution is -1.91. The first-order valence-electron chi connectivity index (χ1n) is 5.85. The standard InChI is InChI=1S/C16H15NO/c1-12-6-7-13(8-9-17)16(10-12)14-4-3-5-15(11-14)18-2/h3-7,10-11H,8H2,1-2H3. The van der Waals surface area contributed by atoms with E-state index in [2.05, 4.69) is 19.1 Å². The number of rotatable bonds is 3. The molecule has 0 saturated carbocycles. The molecule has 2 nitrogen and oxygen atoms in total. The van der Waals surface area contributed by atoms with Crippen molar-refractivity contribution >= 4 is 0 Å². The molecule has 0 atom stereocenters. The zero-order chi connectivity index (χ0) is 13.0. The monoisotopic (exact) mass is 237 g/mol. The fraction of sp³-hybridized carbons (Fsp3) is 0.188. The van der Waals surface area contributed by atoms with Gasteiger partial charge >= 0.3 is 0 Å². The molecule has 0 aliphatic heterocycles. The second kappa shape index (κ2) is 5.37. The second-order valence-corrected chi connectivity index (χ2v) is 4.23. The van der Waals surface area contributed by atoms with Crippen molar-refractivity contribution in [3.63, 3.8) is 0 Å². The Labute approximate surface area is 107 Å². The number of aryl methyl sites for hydroxylation is 1. The molecule has 2 aromatic rings. The third kappa shape index (κ3) is 2.52. The molecule has 90 valence electrons. The quantitative estimate of drug-likeness (QED) is 0.814. The molecule has 0 aliphatic carbocycles. The summed E-state index contributed by atoms with van der Waals surface area (Å²) in [4.78, 5) is 0. The van der Waals surface area contributed by atoms with Crippen molar-refractivity contribution in [2.45, 2.75) is 13.3 Å². The summed E-state index contributed by atoms with van der Waals surface area (Å²) in [7, 11) is 1.66. The van der Waals surface area contributed by atoms with Gasteiger partial charge in [-0.2, -0.15) is 5.26 Å². The lowest BCUT2D eigenvalue weighted by atomic mass is 9.96. The van der Waals surface area contributed by atoms with Crippen molar-refractivity contribution in [2.24, 2.45) is 0 Å². The number of hydrogen-bond donors (Lipinski definition) is 0. The number of methoxy groups -OCH3 is 1. The number of hydrogen-bond acceptors (Lipinski definition) is 2. The van der Waals surface area contributed by atoms with Crippen LogP contribution in [0.3, 0.4) is 0 Å². The number of nitrogens with zero attached hydrogens (tertiary/aromatic N) is 1. The maximum Gasteiger partial charge on any atom is 0.119 e. The first-order valence-corrected chi connectivity index (χ1v) is 5.85. The van der Waals surface area contributed by atoms with Gasteiger partial charge in [-0.1, -0.05) is 35.9 Å². The number of benzene rings is 2. The summed E-state index contributed by atoms with van der Waals surface area (Å²) in [6.07, 6.45) is 0.423. The molecule has 2 aromatic carbocycles. The van der Waals surface area contributed by atoms with Crippen LogP contribution in [0.5, 0.6) is 5.75 Å². The van der Waals surface area contributed by atoms with Crippen LogP contribution in [0.4, 0.5) is 0 Å². The number of nitriles is 1. The third-order valence-electron chi connectivity index (χ3n) is 2.92. The average molecular weight is 237 g/mol. The van der Waals surface area contributed by atoms with Gasteiger partial charge in [-0.25, -0.2) is 0 Å². The first kappa shape index (κ1) is 12.2. The second-order valence-electron chi connectivity index (χ2n) is 4.23. The summed E-state index contributed by atoms with van der Waals surface area (Å²) in [5.74, 6) is 0.830. The fourth-order valence-corrected chi connectivity index (χ4v) is 1.99.